The van der Waals surface area contributed by atoms with E-state index in [2.05, 4.69) is 0 Å². The molecule has 0 aromatic heterocycles. The third-order valence-electron chi connectivity index (χ3n) is 7.15. The standard InChI is InChI=1S/C30H35NO8S2/c1-22-6-14-27(15-7-22)40(33,34)38-18-4-5-29-25(21-39-41(35,36)28-16-8-23(2)9-17-28)19-30(32)31(29)20-24-10-12-26(37-3)13-11-24/h6-17,25,29H,4-5,18-21H2,1-3H3/t25-,29+/m1/s1. The number of rotatable bonds is 13. The largest absolute Gasteiger partial charge is 0.497 e. The minimum absolute atomic E-state index is 0.0498. The summed E-state index contributed by atoms with van der Waals surface area (Å²) in [7, 11) is -6.37. The van der Waals surface area contributed by atoms with Crippen molar-refractivity contribution in [3.05, 3.63) is 89.5 Å². The Kier molecular flexibility index (Phi) is 9.85. The van der Waals surface area contributed by atoms with Gasteiger partial charge in [0.15, 0.2) is 0 Å². The first-order chi connectivity index (χ1) is 19.5. The van der Waals surface area contributed by atoms with Gasteiger partial charge in [0.25, 0.3) is 20.2 Å². The smallest absolute Gasteiger partial charge is 0.296 e. The lowest BCUT2D eigenvalue weighted by Gasteiger charge is -2.28. The van der Waals surface area contributed by atoms with Crippen molar-refractivity contribution in [2.75, 3.05) is 20.3 Å². The van der Waals surface area contributed by atoms with Crippen LogP contribution in [0.15, 0.2) is 82.6 Å². The highest BCUT2D eigenvalue weighted by Crippen LogP contribution is 2.32. The number of amides is 1. The Morgan fingerprint density at radius 3 is 1.85 bits per heavy atom. The fourth-order valence-corrected chi connectivity index (χ4v) is 6.70. The minimum Gasteiger partial charge on any atom is -0.497 e. The van der Waals surface area contributed by atoms with Crippen molar-refractivity contribution >= 4 is 26.1 Å². The van der Waals surface area contributed by atoms with E-state index in [9.17, 15) is 21.6 Å². The Balaban J connectivity index is 1.45. The SMILES string of the molecule is COc1ccc(CN2C(=O)C[C@H](COS(=O)(=O)c3ccc(C)cc3)[C@@H]2CCCOS(=O)(=O)c2ccc(C)cc2)cc1. The summed E-state index contributed by atoms with van der Waals surface area (Å²) in [5.74, 6) is 0.160. The van der Waals surface area contributed by atoms with E-state index in [-0.39, 0.29) is 41.4 Å². The molecule has 3 aromatic rings. The first-order valence-electron chi connectivity index (χ1n) is 13.3. The minimum atomic E-state index is -4.02. The van der Waals surface area contributed by atoms with Crippen molar-refractivity contribution in [2.24, 2.45) is 5.92 Å². The average Bonchev–Trinajstić information content (AvgIpc) is 3.24. The number of ether oxygens (including phenoxy) is 1. The molecular formula is C30H35NO8S2. The summed E-state index contributed by atoms with van der Waals surface area (Å²) in [5, 5.41) is 0. The van der Waals surface area contributed by atoms with E-state index in [0.717, 1.165) is 16.7 Å². The number of likely N-dealkylation sites (tertiary alicyclic amines) is 1. The first-order valence-corrected chi connectivity index (χ1v) is 16.1. The van der Waals surface area contributed by atoms with Gasteiger partial charge in [-0.2, -0.15) is 16.8 Å². The molecule has 41 heavy (non-hydrogen) atoms. The monoisotopic (exact) mass is 601 g/mol. The van der Waals surface area contributed by atoms with Gasteiger partial charge in [-0.25, -0.2) is 0 Å². The van der Waals surface area contributed by atoms with Crippen molar-refractivity contribution < 1.29 is 34.7 Å². The Bertz CT molecular complexity index is 1540. The van der Waals surface area contributed by atoms with Crippen LogP contribution in [0.3, 0.4) is 0 Å². The van der Waals surface area contributed by atoms with E-state index in [4.69, 9.17) is 13.1 Å². The Morgan fingerprint density at radius 1 is 0.780 bits per heavy atom. The first kappa shape index (κ1) is 30.7. The number of carbonyl (C=O) groups excluding carboxylic acids is 1. The molecule has 3 aromatic carbocycles. The molecule has 220 valence electrons. The Hall–Kier alpha value is -3.25. The number of hydrogen-bond donors (Lipinski definition) is 0. The van der Waals surface area contributed by atoms with Gasteiger partial charge in [-0.05, 0) is 68.7 Å². The predicted octanol–water partition coefficient (Wildman–Crippen LogP) is 4.62. The predicted molar refractivity (Wildman–Crippen MR) is 153 cm³/mol. The van der Waals surface area contributed by atoms with E-state index in [1.165, 1.54) is 24.3 Å². The molecule has 1 fully saturated rings. The van der Waals surface area contributed by atoms with Crippen molar-refractivity contribution in [3.8, 4) is 5.75 Å². The maximum absolute atomic E-state index is 13.1. The van der Waals surface area contributed by atoms with Crippen LogP contribution in [0, 0.1) is 19.8 Å². The second-order valence-electron chi connectivity index (χ2n) is 10.2. The summed E-state index contributed by atoms with van der Waals surface area (Å²) >= 11 is 0. The molecule has 0 spiro atoms. The van der Waals surface area contributed by atoms with E-state index in [0.29, 0.717) is 25.1 Å². The molecule has 1 aliphatic rings. The summed E-state index contributed by atoms with van der Waals surface area (Å²) in [6.07, 6.45) is 0.861. The fraction of sp³-hybridized carbons (Fsp3) is 0.367. The van der Waals surface area contributed by atoms with Crippen LogP contribution in [0.5, 0.6) is 5.75 Å². The van der Waals surface area contributed by atoms with Gasteiger partial charge >= 0.3 is 0 Å². The summed E-state index contributed by atoms with van der Waals surface area (Å²) in [4.78, 5) is 15.0. The summed E-state index contributed by atoms with van der Waals surface area (Å²) < 4.78 is 66.8. The topological polar surface area (TPSA) is 116 Å². The highest BCUT2D eigenvalue weighted by molar-refractivity contribution is 7.87. The molecule has 1 amide bonds. The van der Waals surface area contributed by atoms with Gasteiger partial charge in [0.1, 0.15) is 5.75 Å². The molecule has 1 heterocycles. The van der Waals surface area contributed by atoms with Crippen LogP contribution in [-0.2, 0) is 39.9 Å². The van der Waals surface area contributed by atoms with Crippen LogP contribution >= 0.6 is 0 Å². The molecule has 11 heteroatoms. The normalized spacial score (nSPS) is 17.6. The second kappa shape index (κ2) is 13.2. The lowest BCUT2D eigenvalue weighted by molar-refractivity contribution is -0.129. The maximum Gasteiger partial charge on any atom is 0.296 e. The van der Waals surface area contributed by atoms with E-state index in [1.807, 2.05) is 38.1 Å². The van der Waals surface area contributed by atoms with Gasteiger partial charge in [-0.1, -0.05) is 47.5 Å². The molecule has 2 atom stereocenters. The average molecular weight is 602 g/mol. The van der Waals surface area contributed by atoms with Gasteiger partial charge in [0, 0.05) is 24.9 Å². The van der Waals surface area contributed by atoms with Gasteiger partial charge in [0.05, 0.1) is 30.1 Å². The van der Waals surface area contributed by atoms with Crippen LogP contribution in [0.2, 0.25) is 0 Å². The van der Waals surface area contributed by atoms with Crippen molar-refractivity contribution in [3.63, 3.8) is 0 Å². The molecule has 0 saturated carbocycles. The van der Waals surface area contributed by atoms with E-state index in [1.54, 1.807) is 36.3 Å². The fourth-order valence-electron chi connectivity index (χ4n) is 4.80. The van der Waals surface area contributed by atoms with Crippen molar-refractivity contribution in [2.45, 2.75) is 55.5 Å². The molecular weight excluding hydrogens is 566 g/mol. The lowest BCUT2D eigenvalue weighted by atomic mass is 9.97. The quantitative estimate of drug-likeness (QED) is 0.206. The second-order valence-corrected chi connectivity index (χ2v) is 13.4. The van der Waals surface area contributed by atoms with Gasteiger partial charge < -0.3 is 9.64 Å². The van der Waals surface area contributed by atoms with Crippen LogP contribution in [-0.4, -0.2) is 54.0 Å². The molecule has 0 N–H and O–H groups in total. The highest BCUT2D eigenvalue weighted by atomic mass is 32.2. The zero-order valence-corrected chi connectivity index (χ0v) is 25.0. The van der Waals surface area contributed by atoms with E-state index < -0.39 is 26.2 Å². The Labute approximate surface area is 242 Å². The van der Waals surface area contributed by atoms with Crippen molar-refractivity contribution in [1.29, 1.82) is 0 Å². The lowest BCUT2D eigenvalue weighted by Crippen LogP contribution is -2.36. The van der Waals surface area contributed by atoms with Gasteiger partial charge in [-0.3, -0.25) is 13.2 Å². The van der Waals surface area contributed by atoms with Crippen LogP contribution in [0.4, 0.5) is 0 Å². The molecule has 1 aliphatic heterocycles. The number of methoxy groups -OCH3 is 1. The molecule has 0 bridgehead atoms. The van der Waals surface area contributed by atoms with Crippen LogP contribution < -0.4 is 4.74 Å². The molecule has 1 saturated heterocycles. The number of carbonyl (C=O) groups is 1. The third-order valence-corrected chi connectivity index (χ3v) is 9.78. The number of benzene rings is 3. The maximum atomic E-state index is 13.1. The van der Waals surface area contributed by atoms with Crippen molar-refractivity contribution in [1.82, 2.24) is 4.90 Å². The Morgan fingerprint density at radius 2 is 1.32 bits per heavy atom. The molecule has 0 aliphatic carbocycles. The van der Waals surface area contributed by atoms with Crippen LogP contribution in [0.1, 0.15) is 36.0 Å². The zero-order chi connectivity index (χ0) is 29.6. The summed E-state index contributed by atoms with van der Waals surface area (Å²) in [5.41, 5.74) is 2.74. The van der Waals surface area contributed by atoms with Crippen LogP contribution in [0.25, 0.3) is 0 Å². The van der Waals surface area contributed by atoms with E-state index >= 15 is 0 Å². The highest BCUT2D eigenvalue weighted by Gasteiger charge is 2.40. The van der Waals surface area contributed by atoms with Gasteiger partial charge in [-0.15, -0.1) is 0 Å². The number of nitrogens with zero attached hydrogens (tertiary/aromatic N) is 1. The van der Waals surface area contributed by atoms with Gasteiger partial charge in [0.2, 0.25) is 5.91 Å². The molecule has 9 nitrogen and oxygen atoms in total. The molecule has 4 rings (SSSR count). The summed E-state index contributed by atoms with van der Waals surface area (Å²) in [6.45, 7) is 3.79. The summed E-state index contributed by atoms with van der Waals surface area (Å²) in [6, 6.07) is 19.7. The molecule has 0 unspecified atom stereocenters. The third kappa shape index (κ3) is 7.94. The number of hydrogen-bond acceptors (Lipinski definition) is 8. The zero-order valence-electron chi connectivity index (χ0n) is 23.4. The molecule has 0 radical (unpaired) electrons. The number of aryl methyl sites for hydroxylation is 2.